The van der Waals surface area contributed by atoms with Crippen molar-refractivity contribution in [2.45, 2.75) is 25.3 Å². The summed E-state index contributed by atoms with van der Waals surface area (Å²) in [4.78, 5) is 2.38. The molecule has 3 nitrogen and oxygen atoms in total. The summed E-state index contributed by atoms with van der Waals surface area (Å²) in [5.74, 6) is 0.674. The summed E-state index contributed by atoms with van der Waals surface area (Å²) in [6.45, 7) is 1.85. The van der Waals surface area contributed by atoms with E-state index in [1.165, 1.54) is 19.4 Å². The summed E-state index contributed by atoms with van der Waals surface area (Å²) in [7, 11) is 2.16. The SMILES string of the molecule is CN1CCCC1CCOc1cc(Br)ccc1C#N. The molecule has 1 aromatic carbocycles. The Balaban J connectivity index is 1.90. The van der Waals surface area contributed by atoms with E-state index in [0.29, 0.717) is 24.0 Å². The van der Waals surface area contributed by atoms with Gasteiger partial charge in [-0.05, 0) is 51.1 Å². The van der Waals surface area contributed by atoms with Crippen LogP contribution < -0.4 is 4.74 Å². The molecule has 0 N–H and O–H groups in total. The summed E-state index contributed by atoms with van der Waals surface area (Å²) in [5.41, 5.74) is 0.595. The molecule has 1 aliphatic heterocycles. The van der Waals surface area contributed by atoms with Crippen molar-refractivity contribution < 1.29 is 4.74 Å². The van der Waals surface area contributed by atoms with Gasteiger partial charge in [0.1, 0.15) is 11.8 Å². The fourth-order valence-corrected chi connectivity index (χ4v) is 2.70. The van der Waals surface area contributed by atoms with Crippen molar-refractivity contribution in [2.24, 2.45) is 0 Å². The minimum absolute atomic E-state index is 0.595. The van der Waals surface area contributed by atoms with Crippen LogP contribution in [0, 0.1) is 11.3 Å². The molecule has 0 amide bonds. The Labute approximate surface area is 116 Å². The summed E-state index contributed by atoms with van der Waals surface area (Å²) in [6.07, 6.45) is 3.55. The van der Waals surface area contributed by atoms with Crippen molar-refractivity contribution in [2.75, 3.05) is 20.2 Å². The quantitative estimate of drug-likeness (QED) is 0.857. The molecule has 0 aliphatic carbocycles. The van der Waals surface area contributed by atoms with Crippen LogP contribution >= 0.6 is 15.9 Å². The average Bonchev–Trinajstić information content (AvgIpc) is 2.76. The smallest absolute Gasteiger partial charge is 0.138 e. The molecule has 1 aromatic rings. The van der Waals surface area contributed by atoms with Gasteiger partial charge in [-0.2, -0.15) is 5.26 Å². The van der Waals surface area contributed by atoms with Crippen LogP contribution in [0.15, 0.2) is 22.7 Å². The molecule has 0 bridgehead atoms. The van der Waals surface area contributed by atoms with Crippen molar-refractivity contribution in [3.8, 4) is 11.8 Å². The molecule has 96 valence electrons. The molecule has 1 atom stereocenters. The third-order valence-electron chi connectivity index (χ3n) is 3.44. The molecule has 0 radical (unpaired) electrons. The number of hydrogen-bond donors (Lipinski definition) is 0. The van der Waals surface area contributed by atoms with Gasteiger partial charge in [-0.3, -0.25) is 0 Å². The lowest BCUT2D eigenvalue weighted by Crippen LogP contribution is -2.26. The van der Waals surface area contributed by atoms with Crippen molar-refractivity contribution in [1.29, 1.82) is 5.26 Å². The number of benzene rings is 1. The highest BCUT2D eigenvalue weighted by atomic mass is 79.9. The summed E-state index contributed by atoms with van der Waals surface area (Å²) in [6, 6.07) is 8.28. The van der Waals surface area contributed by atoms with Gasteiger partial charge in [0.2, 0.25) is 0 Å². The Hall–Kier alpha value is -1.05. The van der Waals surface area contributed by atoms with E-state index in [2.05, 4.69) is 33.9 Å². The Morgan fingerprint density at radius 2 is 2.39 bits per heavy atom. The molecule has 1 aliphatic rings. The van der Waals surface area contributed by atoms with Gasteiger partial charge in [-0.25, -0.2) is 0 Å². The van der Waals surface area contributed by atoms with E-state index in [1.54, 1.807) is 6.07 Å². The van der Waals surface area contributed by atoms with Crippen LogP contribution in [0.5, 0.6) is 5.75 Å². The Morgan fingerprint density at radius 3 is 3.06 bits per heavy atom. The van der Waals surface area contributed by atoms with Gasteiger partial charge >= 0.3 is 0 Å². The number of nitriles is 1. The maximum atomic E-state index is 9.01. The largest absolute Gasteiger partial charge is 0.492 e. The second-order valence-corrected chi connectivity index (χ2v) is 5.58. The zero-order valence-corrected chi connectivity index (χ0v) is 12.1. The maximum absolute atomic E-state index is 9.01. The van der Waals surface area contributed by atoms with Crippen LogP contribution in [0.1, 0.15) is 24.8 Å². The Morgan fingerprint density at radius 1 is 1.56 bits per heavy atom. The Bertz CT molecular complexity index is 456. The summed E-state index contributed by atoms with van der Waals surface area (Å²) >= 11 is 3.40. The molecule has 4 heteroatoms. The molecule has 1 saturated heterocycles. The monoisotopic (exact) mass is 308 g/mol. The van der Waals surface area contributed by atoms with E-state index >= 15 is 0 Å². The van der Waals surface area contributed by atoms with Gasteiger partial charge < -0.3 is 9.64 Å². The maximum Gasteiger partial charge on any atom is 0.138 e. The first-order chi connectivity index (χ1) is 8.70. The zero-order chi connectivity index (χ0) is 13.0. The van der Waals surface area contributed by atoms with Crippen LogP contribution in [-0.2, 0) is 0 Å². The summed E-state index contributed by atoms with van der Waals surface area (Å²) < 4.78 is 6.68. The van der Waals surface area contributed by atoms with Crippen LogP contribution in [0.25, 0.3) is 0 Å². The van der Waals surface area contributed by atoms with Crippen molar-refractivity contribution in [3.63, 3.8) is 0 Å². The van der Waals surface area contributed by atoms with Gasteiger partial charge in [0.15, 0.2) is 0 Å². The van der Waals surface area contributed by atoms with Crippen LogP contribution in [0.4, 0.5) is 0 Å². The van der Waals surface area contributed by atoms with Gasteiger partial charge in [0.25, 0.3) is 0 Å². The second-order valence-electron chi connectivity index (χ2n) is 4.67. The van der Waals surface area contributed by atoms with Gasteiger partial charge in [0.05, 0.1) is 12.2 Å². The third kappa shape index (κ3) is 3.24. The molecule has 1 fully saturated rings. The number of ether oxygens (including phenoxy) is 1. The van der Waals surface area contributed by atoms with Crippen LogP contribution in [0.3, 0.4) is 0 Å². The highest BCUT2D eigenvalue weighted by Gasteiger charge is 2.20. The van der Waals surface area contributed by atoms with Gasteiger partial charge in [0, 0.05) is 10.5 Å². The van der Waals surface area contributed by atoms with Gasteiger partial charge in [-0.1, -0.05) is 15.9 Å². The highest BCUT2D eigenvalue weighted by Crippen LogP contribution is 2.24. The van der Waals surface area contributed by atoms with Crippen LogP contribution in [0.2, 0.25) is 0 Å². The fourth-order valence-electron chi connectivity index (χ4n) is 2.36. The first-order valence-electron chi connectivity index (χ1n) is 6.23. The number of hydrogen-bond acceptors (Lipinski definition) is 3. The first-order valence-corrected chi connectivity index (χ1v) is 7.02. The zero-order valence-electron chi connectivity index (χ0n) is 10.5. The molecule has 1 unspecified atom stereocenters. The fraction of sp³-hybridized carbons (Fsp3) is 0.500. The second kappa shape index (κ2) is 6.21. The van der Waals surface area contributed by atoms with Crippen molar-refractivity contribution >= 4 is 15.9 Å². The van der Waals surface area contributed by atoms with E-state index in [1.807, 2.05) is 12.1 Å². The normalized spacial score (nSPS) is 19.7. The number of nitrogens with zero attached hydrogens (tertiary/aromatic N) is 2. The average molecular weight is 309 g/mol. The lowest BCUT2D eigenvalue weighted by molar-refractivity contribution is 0.233. The predicted molar refractivity (Wildman–Crippen MR) is 74.6 cm³/mol. The molecule has 1 heterocycles. The van der Waals surface area contributed by atoms with E-state index in [4.69, 9.17) is 10.00 Å². The standard InChI is InChI=1S/C14H17BrN2O/c1-17-7-2-3-13(17)6-8-18-14-9-12(15)5-4-11(14)10-16/h4-5,9,13H,2-3,6-8H2,1H3. The molecule has 0 spiro atoms. The molecule has 18 heavy (non-hydrogen) atoms. The summed E-state index contributed by atoms with van der Waals surface area (Å²) in [5, 5.41) is 9.01. The number of likely N-dealkylation sites (tertiary alicyclic amines) is 1. The molecule has 0 saturated carbocycles. The predicted octanol–water partition coefficient (Wildman–Crippen LogP) is 3.18. The minimum atomic E-state index is 0.595. The Kier molecular flexibility index (Phi) is 4.62. The highest BCUT2D eigenvalue weighted by molar-refractivity contribution is 9.10. The number of halogens is 1. The third-order valence-corrected chi connectivity index (χ3v) is 3.94. The van der Waals surface area contributed by atoms with E-state index in [9.17, 15) is 0 Å². The van der Waals surface area contributed by atoms with E-state index < -0.39 is 0 Å². The first kappa shape index (κ1) is 13.4. The van der Waals surface area contributed by atoms with Gasteiger partial charge in [-0.15, -0.1) is 0 Å². The topological polar surface area (TPSA) is 36.3 Å². The number of rotatable bonds is 4. The lowest BCUT2D eigenvalue weighted by atomic mass is 10.1. The molecule has 2 rings (SSSR count). The van der Waals surface area contributed by atoms with Crippen LogP contribution in [-0.4, -0.2) is 31.1 Å². The minimum Gasteiger partial charge on any atom is -0.492 e. The van der Waals surface area contributed by atoms with E-state index in [0.717, 1.165) is 10.9 Å². The van der Waals surface area contributed by atoms with Crippen molar-refractivity contribution in [3.05, 3.63) is 28.2 Å². The molecular formula is C14H17BrN2O. The van der Waals surface area contributed by atoms with E-state index in [-0.39, 0.29) is 0 Å². The van der Waals surface area contributed by atoms with Crippen molar-refractivity contribution in [1.82, 2.24) is 4.90 Å². The lowest BCUT2D eigenvalue weighted by Gasteiger charge is -2.19. The molecular weight excluding hydrogens is 292 g/mol. The molecule has 0 aromatic heterocycles.